The molecular formula is C52H100N16O14. The van der Waals surface area contributed by atoms with E-state index in [4.69, 9.17) is 34.4 Å². The molecule has 0 aliphatic carbocycles. The predicted molar refractivity (Wildman–Crippen MR) is 305 cm³/mol. The number of rotatable bonds is 43. The SMILES string of the molecule is CCC(C)CCCC(=O)N[C@@H](CCN)C(=O)N[C@H](C(=O)N[C@@H](CCN)C(=O)N[C@@H](CCNC(=O)[C@@H](NC(=O)[C@H](CCN)NC(=O)[C@@H](N)CCN)[C@@H](C)O)C(=O)N[C@@H](CCN)C(=O)N[C@H](CC(C)C)C(=O)N[C@@H](CC(C)C)C(=O)O)[C@@H](C)O. The molecule has 0 aliphatic heterocycles. The highest BCUT2D eigenvalue weighted by Gasteiger charge is 2.36. The first-order valence-electron chi connectivity index (χ1n) is 28.4. The van der Waals surface area contributed by atoms with Crippen molar-refractivity contribution >= 4 is 65.0 Å². The summed E-state index contributed by atoms with van der Waals surface area (Å²) in [5, 5.41) is 56.0. The zero-order valence-electron chi connectivity index (χ0n) is 49.2. The fourth-order valence-corrected chi connectivity index (χ4v) is 8.20. The number of amides is 10. The molecular weight excluding hydrogens is 1070 g/mol. The van der Waals surface area contributed by atoms with E-state index in [1.54, 1.807) is 27.7 Å². The Hall–Kier alpha value is -6.15. The molecule has 30 heteroatoms. The van der Waals surface area contributed by atoms with Gasteiger partial charge in [-0.25, -0.2) is 4.79 Å². The van der Waals surface area contributed by atoms with Crippen LogP contribution in [0.25, 0.3) is 0 Å². The normalized spacial score (nSPS) is 16.1. The summed E-state index contributed by atoms with van der Waals surface area (Å²) in [6.07, 6.45) is -1.64. The van der Waals surface area contributed by atoms with Gasteiger partial charge in [-0.1, -0.05) is 54.4 Å². The highest BCUT2D eigenvalue weighted by Crippen LogP contribution is 2.13. The average molecular weight is 1170 g/mol. The van der Waals surface area contributed by atoms with Crippen molar-refractivity contribution in [3.8, 4) is 0 Å². The quantitative estimate of drug-likeness (QED) is 0.0270. The first kappa shape index (κ1) is 75.8. The van der Waals surface area contributed by atoms with Crippen LogP contribution in [0, 0.1) is 17.8 Å². The predicted octanol–water partition coefficient (Wildman–Crippen LogP) is -5.92. The number of nitrogens with one attached hydrogen (secondary N) is 10. The standard InChI is InChI=1S/C52H100N16O14/c1-9-29(6)11-10-12-40(71)60-33(14-20-54)47(76)68-42(31(8)70)51(80)64-35(16-22-56)44(73)63-37(18-24-59-50(79)41(30(7)69)67-48(77)36(17-23-57)61-43(72)32(58)13-19-53)46(75)62-34(15-21-55)45(74)65-38(25-27(2)3)49(78)66-39(52(81)82)26-28(4)5/h27-39,41-42,69-70H,9-26,53-58H2,1-8H3,(H,59,79)(H,60,71)(H,61,72)(H,62,75)(H,63,73)(H,64,80)(H,65,74)(H,66,78)(H,67,77)(H,68,76)(H,81,82)/t29?,30-,31-,32+,33+,34+,35+,36+,37+,38-,39+,41+,42+/m1/s1. The van der Waals surface area contributed by atoms with Gasteiger partial charge in [-0.2, -0.15) is 0 Å². The van der Waals surface area contributed by atoms with Crippen LogP contribution in [-0.2, 0) is 52.7 Å². The number of carbonyl (C=O) groups is 11. The smallest absolute Gasteiger partial charge is 0.326 e. The fourth-order valence-electron chi connectivity index (χ4n) is 8.20. The van der Waals surface area contributed by atoms with Crippen molar-refractivity contribution in [1.82, 2.24) is 53.2 Å². The summed E-state index contributed by atoms with van der Waals surface area (Å²) in [5.41, 5.74) is 34.5. The lowest BCUT2D eigenvalue weighted by molar-refractivity contribution is -0.143. The molecule has 0 aromatic heterocycles. The molecule has 0 fully saturated rings. The Kier molecular flexibility index (Phi) is 37.9. The van der Waals surface area contributed by atoms with Gasteiger partial charge < -0.3 is 103 Å². The van der Waals surface area contributed by atoms with Crippen molar-refractivity contribution < 1.29 is 68.1 Å². The molecule has 1 unspecified atom stereocenters. The molecule has 25 N–H and O–H groups in total. The van der Waals surface area contributed by atoms with Crippen molar-refractivity contribution in [2.24, 2.45) is 52.2 Å². The van der Waals surface area contributed by atoms with Gasteiger partial charge in [0.1, 0.15) is 54.4 Å². The van der Waals surface area contributed by atoms with Crippen LogP contribution in [0.1, 0.15) is 132 Å². The third-order valence-electron chi connectivity index (χ3n) is 13.1. The number of aliphatic carboxylic acids is 1. The summed E-state index contributed by atoms with van der Waals surface area (Å²) in [6.45, 7) is 12.6. The van der Waals surface area contributed by atoms with Crippen LogP contribution in [0.15, 0.2) is 0 Å². The summed E-state index contributed by atoms with van der Waals surface area (Å²) in [6, 6.07) is -14.2. The minimum absolute atomic E-state index is 0.0265. The average Bonchev–Trinajstić information content (AvgIpc) is 3.47. The van der Waals surface area contributed by atoms with E-state index in [0.29, 0.717) is 12.3 Å². The Bertz CT molecular complexity index is 2030. The van der Waals surface area contributed by atoms with Crippen LogP contribution in [0.3, 0.4) is 0 Å². The Morgan fingerprint density at radius 3 is 1.15 bits per heavy atom. The number of aliphatic hydroxyl groups is 2. The van der Waals surface area contributed by atoms with Gasteiger partial charge in [0, 0.05) is 13.0 Å². The molecule has 0 aliphatic rings. The third-order valence-corrected chi connectivity index (χ3v) is 13.1. The molecule has 0 saturated heterocycles. The van der Waals surface area contributed by atoms with Crippen LogP contribution >= 0.6 is 0 Å². The maximum absolute atomic E-state index is 14.4. The third kappa shape index (κ3) is 29.7. The lowest BCUT2D eigenvalue weighted by Crippen LogP contribution is -2.62. The van der Waals surface area contributed by atoms with E-state index in [2.05, 4.69) is 60.1 Å². The topological polar surface area (TPSA) is 525 Å². The molecule has 0 saturated carbocycles. The Morgan fingerprint density at radius 1 is 0.402 bits per heavy atom. The number of carboxylic acid groups (broad SMARTS) is 1. The Labute approximate surface area is 481 Å². The zero-order chi connectivity index (χ0) is 62.8. The second-order valence-corrected chi connectivity index (χ2v) is 21.5. The van der Waals surface area contributed by atoms with E-state index < -0.39 is 151 Å². The Balaban J connectivity index is 7.04. The highest BCUT2D eigenvalue weighted by molar-refractivity contribution is 5.98. The van der Waals surface area contributed by atoms with Crippen molar-refractivity contribution in [1.29, 1.82) is 0 Å². The second kappa shape index (κ2) is 40.9. The van der Waals surface area contributed by atoms with Gasteiger partial charge in [-0.15, -0.1) is 0 Å². The van der Waals surface area contributed by atoms with Gasteiger partial charge in [0.25, 0.3) is 0 Å². The van der Waals surface area contributed by atoms with Crippen LogP contribution < -0.4 is 87.6 Å². The van der Waals surface area contributed by atoms with E-state index in [9.17, 15) is 68.1 Å². The van der Waals surface area contributed by atoms with Crippen molar-refractivity contribution in [3.05, 3.63) is 0 Å². The first-order valence-corrected chi connectivity index (χ1v) is 28.4. The molecule has 0 rings (SSSR count). The van der Waals surface area contributed by atoms with E-state index in [1.165, 1.54) is 13.8 Å². The number of carbonyl (C=O) groups excluding carboxylic acids is 10. The molecule has 30 nitrogen and oxygen atoms in total. The number of carboxylic acids is 1. The van der Waals surface area contributed by atoms with Crippen molar-refractivity contribution in [2.75, 3.05) is 39.3 Å². The molecule has 10 amide bonds. The molecule has 0 heterocycles. The molecule has 82 heavy (non-hydrogen) atoms. The minimum Gasteiger partial charge on any atom is -0.480 e. The van der Waals surface area contributed by atoms with Crippen LogP contribution in [0.2, 0.25) is 0 Å². The summed E-state index contributed by atoms with van der Waals surface area (Å²) >= 11 is 0. The molecule has 0 aromatic rings. The van der Waals surface area contributed by atoms with Gasteiger partial charge in [0.15, 0.2) is 0 Å². The van der Waals surface area contributed by atoms with Gasteiger partial charge in [-0.05, 0) is 122 Å². The fraction of sp³-hybridized carbons (Fsp3) is 0.788. The molecule has 0 bridgehead atoms. The first-order chi connectivity index (χ1) is 38.5. The number of hydrogen-bond acceptors (Lipinski definition) is 19. The molecule has 13 atom stereocenters. The number of aliphatic hydroxyl groups excluding tert-OH is 2. The van der Waals surface area contributed by atoms with E-state index in [1.807, 2.05) is 6.92 Å². The van der Waals surface area contributed by atoms with E-state index in [-0.39, 0.29) is 95.9 Å². The molecule has 0 spiro atoms. The van der Waals surface area contributed by atoms with Crippen LogP contribution in [0.5, 0.6) is 0 Å². The zero-order valence-corrected chi connectivity index (χ0v) is 49.2. The summed E-state index contributed by atoms with van der Waals surface area (Å²) in [4.78, 5) is 148. The molecule has 0 radical (unpaired) electrons. The van der Waals surface area contributed by atoms with E-state index in [0.717, 1.165) is 12.8 Å². The lowest BCUT2D eigenvalue weighted by atomic mass is 10.00. The molecule has 0 aromatic carbocycles. The van der Waals surface area contributed by atoms with Crippen LogP contribution in [-0.4, -0.2) is 192 Å². The van der Waals surface area contributed by atoms with E-state index >= 15 is 0 Å². The summed E-state index contributed by atoms with van der Waals surface area (Å²) in [5.74, 6) is -10.0. The maximum atomic E-state index is 14.4. The van der Waals surface area contributed by atoms with Crippen LogP contribution in [0.4, 0.5) is 0 Å². The monoisotopic (exact) mass is 1170 g/mol. The van der Waals surface area contributed by atoms with Gasteiger partial charge in [0.2, 0.25) is 59.1 Å². The van der Waals surface area contributed by atoms with Crippen molar-refractivity contribution in [3.63, 3.8) is 0 Å². The minimum atomic E-state index is -1.71. The highest BCUT2D eigenvalue weighted by atomic mass is 16.4. The number of hydrogen-bond donors (Lipinski definition) is 19. The van der Waals surface area contributed by atoms with Gasteiger partial charge in [0.05, 0.1) is 18.2 Å². The van der Waals surface area contributed by atoms with Gasteiger partial charge in [-0.3, -0.25) is 47.9 Å². The Morgan fingerprint density at radius 2 is 0.744 bits per heavy atom. The van der Waals surface area contributed by atoms with Gasteiger partial charge >= 0.3 is 5.97 Å². The maximum Gasteiger partial charge on any atom is 0.326 e. The molecule has 472 valence electrons. The number of nitrogens with two attached hydrogens (primary N) is 6. The van der Waals surface area contributed by atoms with Crippen molar-refractivity contribution in [2.45, 2.75) is 205 Å². The largest absolute Gasteiger partial charge is 0.480 e. The summed E-state index contributed by atoms with van der Waals surface area (Å²) in [7, 11) is 0. The second-order valence-electron chi connectivity index (χ2n) is 21.5. The summed E-state index contributed by atoms with van der Waals surface area (Å²) < 4.78 is 0. The lowest BCUT2D eigenvalue weighted by Gasteiger charge is -2.29.